The standard InChI is InChI=1S/C21H22ClN3O4S/c1-4-29-18-11-16(23-13(3)26)9-10-17(18)19(27)24-25-20(28)12(2)30-21(25)14-5-7-15(22)8-6-14/h5-12,21H,4H2,1-3H3,(H,23,26)(H,24,27)/t12-,21-/m1/s1. The van der Waals surface area contributed by atoms with E-state index in [0.29, 0.717) is 23.1 Å². The van der Waals surface area contributed by atoms with Crippen LogP contribution in [0.3, 0.4) is 0 Å². The van der Waals surface area contributed by atoms with Crippen molar-refractivity contribution in [3.8, 4) is 5.75 Å². The fraction of sp³-hybridized carbons (Fsp3) is 0.286. The van der Waals surface area contributed by atoms with E-state index in [2.05, 4.69) is 10.7 Å². The van der Waals surface area contributed by atoms with Gasteiger partial charge in [-0.05, 0) is 43.7 Å². The van der Waals surface area contributed by atoms with Gasteiger partial charge in [-0.25, -0.2) is 5.01 Å². The van der Waals surface area contributed by atoms with Crippen LogP contribution in [0.1, 0.15) is 42.1 Å². The number of thioether (sulfide) groups is 1. The molecule has 1 aliphatic heterocycles. The van der Waals surface area contributed by atoms with E-state index in [1.165, 1.54) is 23.7 Å². The van der Waals surface area contributed by atoms with Gasteiger partial charge in [0.25, 0.3) is 11.8 Å². The number of nitrogens with one attached hydrogen (secondary N) is 2. The molecule has 1 heterocycles. The molecular weight excluding hydrogens is 426 g/mol. The van der Waals surface area contributed by atoms with Crippen molar-refractivity contribution in [3.63, 3.8) is 0 Å². The lowest BCUT2D eigenvalue weighted by Gasteiger charge is -2.25. The normalized spacial score (nSPS) is 18.3. The highest BCUT2D eigenvalue weighted by molar-refractivity contribution is 8.01. The zero-order chi connectivity index (χ0) is 21.8. The molecule has 0 radical (unpaired) electrons. The minimum Gasteiger partial charge on any atom is -0.493 e. The molecule has 1 aliphatic rings. The average molecular weight is 448 g/mol. The van der Waals surface area contributed by atoms with Gasteiger partial charge in [-0.1, -0.05) is 23.7 Å². The number of hydrogen-bond donors (Lipinski definition) is 2. The van der Waals surface area contributed by atoms with Crippen molar-refractivity contribution in [2.24, 2.45) is 0 Å². The van der Waals surface area contributed by atoms with Gasteiger partial charge in [0.15, 0.2) is 0 Å². The van der Waals surface area contributed by atoms with Gasteiger partial charge in [-0.3, -0.25) is 19.8 Å². The summed E-state index contributed by atoms with van der Waals surface area (Å²) in [4.78, 5) is 37.0. The number of anilines is 1. The Morgan fingerprint density at radius 1 is 1.20 bits per heavy atom. The Morgan fingerprint density at radius 3 is 2.53 bits per heavy atom. The van der Waals surface area contributed by atoms with E-state index < -0.39 is 5.91 Å². The number of hydrazine groups is 1. The Kier molecular flexibility index (Phi) is 6.89. The smallest absolute Gasteiger partial charge is 0.273 e. The number of benzene rings is 2. The first kappa shape index (κ1) is 22.0. The van der Waals surface area contributed by atoms with Gasteiger partial charge >= 0.3 is 0 Å². The summed E-state index contributed by atoms with van der Waals surface area (Å²) in [6.07, 6.45) is 0. The van der Waals surface area contributed by atoms with Crippen molar-refractivity contribution in [1.82, 2.24) is 10.4 Å². The lowest BCUT2D eigenvalue weighted by molar-refractivity contribution is -0.132. The van der Waals surface area contributed by atoms with Gasteiger partial charge in [0.05, 0.1) is 17.4 Å². The van der Waals surface area contributed by atoms with Crippen LogP contribution in [0.4, 0.5) is 5.69 Å². The van der Waals surface area contributed by atoms with Gasteiger partial charge in [-0.15, -0.1) is 11.8 Å². The monoisotopic (exact) mass is 447 g/mol. The average Bonchev–Trinajstić information content (AvgIpc) is 2.97. The summed E-state index contributed by atoms with van der Waals surface area (Å²) in [5.41, 5.74) is 4.36. The van der Waals surface area contributed by atoms with Crippen molar-refractivity contribution in [2.45, 2.75) is 31.4 Å². The first-order valence-electron chi connectivity index (χ1n) is 9.39. The Morgan fingerprint density at radius 2 is 1.90 bits per heavy atom. The molecule has 0 bridgehead atoms. The molecule has 2 aromatic carbocycles. The molecule has 0 unspecified atom stereocenters. The van der Waals surface area contributed by atoms with Crippen LogP contribution < -0.4 is 15.5 Å². The molecule has 3 amide bonds. The number of nitrogens with zero attached hydrogens (tertiary/aromatic N) is 1. The van der Waals surface area contributed by atoms with Crippen molar-refractivity contribution < 1.29 is 19.1 Å². The lowest BCUT2D eigenvalue weighted by Crippen LogP contribution is -2.45. The molecule has 2 atom stereocenters. The summed E-state index contributed by atoms with van der Waals surface area (Å²) in [7, 11) is 0. The third-order valence-electron chi connectivity index (χ3n) is 4.38. The second-order valence-electron chi connectivity index (χ2n) is 6.66. The maximum absolute atomic E-state index is 13.0. The fourth-order valence-electron chi connectivity index (χ4n) is 3.03. The van der Waals surface area contributed by atoms with Gasteiger partial charge in [0.1, 0.15) is 11.1 Å². The molecule has 7 nitrogen and oxygen atoms in total. The van der Waals surface area contributed by atoms with Crippen molar-refractivity contribution in [3.05, 3.63) is 58.6 Å². The number of amides is 3. The third-order valence-corrected chi connectivity index (χ3v) is 5.98. The highest BCUT2D eigenvalue weighted by Crippen LogP contribution is 2.42. The number of hydrogen-bond acceptors (Lipinski definition) is 5. The molecule has 0 saturated carbocycles. The summed E-state index contributed by atoms with van der Waals surface area (Å²) in [5, 5.41) is 3.92. The molecule has 1 saturated heterocycles. The van der Waals surface area contributed by atoms with Crippen LogP contribution in [-0.4, -0.2) is 34.6 Å². The molecule has 3 rings (SSSR count). The number of halogens is 1. The Labute approximate surface area is 184 Å². The van der Waals surface area contributed by atoms with Gasteiger partial charge in [0, 0.05) is 23.7 Å². The van der Waals surface area contributed by atoms with Gasteiger partial charge in [0.2, 0.25) is 5.91 Å². The number of carbonyl (C=O) groups excluding carboxylic acids is 3. The molecule has 1 fully saturated rings. The SMILES string of the molecule is CCOc1cc(NC(C)=O)ccc1C(=O)NN1C(=O)[C@@H](C)S[C@@H]1c1ccc(Cl)cc1. The molecule has 9 heteroatoms. The quantitative estimate of drug-likeness (QED) is 0.698. The van der Waals surface area contributed by atoms with Crippen LogP contribution in [0.25, 0.3) is 0 Å². The molecule has 30 heavy (non-hydrogen) atoms. The zero-order valence-electron chi connectivity index (χ0n) is 16.8. The van der Waals surface area contributed by atoms with Gasteiger partial charge < -0.3 is 10.1 Å². The highest BCUT2D eigenvalue weighted by atomic mass is 35.5. The van der Waals surface area contributed by atoms with Crippen molar-refractivity contribution in [1.29, 1.82) is 0 Å². The van der Waals surface area contributed by atoms with E-state index in [-0.39, 0.29) is 28.0 Å². The molecule has 2 aromatic rings. The van der Waals surface area contributed by atoms with Crippen LogP contribution >= 0.6 is 23.4 Å². The Bertz CT molecular complexity index is 967. The number of ether oxygens (including phenoxy) is 1. The largest absolute Gasteiger partial charge is 0.493 e. The second kappa shape index (κ2) is 9.40. The van der Waals surface area contributed by atoms with Crippen LogP contribution in [0.15, 0.2) is 42.5 Å². The number of carbonyl (C=O) groups is 3. The molecule has 0 aliphatic carbocycles. The predicted octanol–water partition coefficient (Wildman–Crippen LogP) is 4.00. The fourth-order valence-corrected chi connectivity index (χ4v) is 4.36. The van der Waals surface area contributed by atoms with E-state index >= 15 is 0 Å². The third kappa shape index (κ3) is 4.88. The second-order valence-corrected chi connectivity index (χ2v) is 8.52. The summed E-state index contributed by atoms with van der Waals surface area (Å²) >= 11 is 7.41. The van der Waals surface area contributed by atoms with E-state index in [9.17, 15) is 14.4 Å². The maximum atomic E-state index is 13.0. The zero-order valence-corrected chi connectivity index (χ0v) is 18.3. The van der Waals surface area contributed by atoms with E-state index in [0.717, 1.165) is 5.56 Å². The van der Waals surface area contributed by atoms with E-state index in [4.69, 9.17) is 16.3 Å². The van der Waals surface area contributed by atoms with E-state index in [1.807, 2.05) is 12.1 Å². The highest BCUT2D eigenvalue weighted by Gasteiger charge is 2.40. The van der Waals surface area contributed by atoms with Crippen molar-refractivity contribution >= 4 is 46.8 Å². The Balaban J connectivity index is 1.86. The molecule has 158 valence electrons. The molecule has 0 aromatic heterocycles. The maximum Gasteiger partial charge on any atom is 0.273 e. The van der Waals surface area contributed by atoms with Crippen LogP contribution in [0, 0.1) is 0 Å². The Hall–Kier alpha value is -2.71. The topological polar surface area (TPSA) is 87.7 Å². The first-order chi connectivity index (χ1) is 14.3. The first-order valence-corrected chi connectivity index (χ1v) is 10.7. The van der Waals surface area contributed by atoms with Gasteiger partial charge in [-0.2, -0.15) is 0 Å². The molecule has 0 spiro atoms. The van der Waals surface area contributed by atoms with Crippen LogP contribution in [0.2, 0.25) is 5.02 Å². The summed E-state index contributed by atoms with van der Waals surface area (Å²) in [6, 6.07) is 11.9. The van der Waals surface area contributed by atoms with E-state index in [1.54, 1.807) is 44.2 Å². The van der Waals surface area contributed by atoms with Crippen molar-refractivity contribution in [2.75, 3.05) is 11.9 Å². The number of rotatable bonds is 6. The summed E-state index contributed by atoms with van der Waals surface area (Å²) in [5.74, 6) is -0.582. The van der Waals surface area contributed by atoms with Crippen LogP contribution in [-0.2, 0) is 9.59 Å². The van der Waals surface area contributed by atoms with Crippen LogP contribution in [0.5, 0.6) is 5.75 Å². The molecular formula is C21H22ClN3O4S. The summed E-state index contributed by atoms with van der Waals surface area (Å²) < 4.78 is 5.58. The minimum absolute atomic E-state index is 0.193. The molecule has 2 N–H and O–H groups in total. The minimum atomic E-state index is -0.477. The lowest BCUT2D eigenvalue weighted by atomic mass is 10.1. The summed E-state index contributed by atoms with van der Waals surface area (Å²) in [6.45, 7) is 5.34. The predicted molar refractivity (Wildman–Crippen MR) is 117 cm³/mol.